The van der Waals surface area contributed by atoms with Crippen molar-refractivity contribution >= 4 is 16.7 Å². The summed E-state index contributed by atoms with van der Waals surface area (Å²) in [6.45, 7) is 4.08. The third-order valence-electron chi connectivity index (χ3n) is 4.75. The SMILES string of the molecule is CC1CN(C(/C=C(\N)c2ccccc2O)=C(N)N)CCN1S(=O)C1CC1. The normalized spacial score (nSPS) is 22.9. The molecule has 142 valence electrons. The van der Waals surface area contributed by atoms with E-state index in [1.54, 1.807) is 30.3 Å². The summed E-state index contributed by atoms with van der Waals surface area (Å²) in [5.41, 5.74) is 19.5. The number of phenols is 1. The Morgan fingerprint density at radius 2 is 1.92 bits per heavy atom. The lowest BCUT2D eigenvalue weighted by Crippen LogP contribution is -2.52. The zero-order valence-corrected chi connectivity index (χ0v) is 15.8. The fourth-order valence-corrected chi connectivity index (χ4v) is 4.79. The number of aromatic hydroxyl groups is 1. The summed E-state index contributed by atoms with van der Waals surface area (Å²) in [6.07, 6.45) is 3.81. The zero-order valence-electron chi connectivity index (χ0n) is 15.0. The highest BCUT2D eigenvalue weighted by molar-refractivity contribution is 7.83. The number of hydrogen-bond donors (Lipinski definition) is 4. The molecule has 1 aromatic rings. The molecular formula is C18H27N5O2S. The molecule has 8 heteroatoms. The largest absolute Gasteiger partial charge is 0.507 e. The molecule has 1 heterocycles. The van der Waals surface area contributed by atoms with E-state index in [0.717, 1.165) is 12.8 Å². The summed E-state index contributed by atoms with van der Waals surface area (Å²) < 4.78 is 14.5. The molecule has 0 aromatic heterocycles. The maximum atomic E-state index is 12.5. The second-order valence-corrected chi connectivity index (χ2v) is 8.56. The summed E-state index contributed by atoms with van der Waals surface area (Å²) >= 11 is 0. The Morgan fingerprint density at radius 1 is 1.23 bits per heavy atom. The lowest BCUT2D eigenvalue weighted by atomic mass is 10.1. The van der Waals surface area contributed by atoms with E-state index in [9.17, 15) is 9.32 Å². The summed E-state index contributed by atoms with van der Waals surface area (Å²) in [6, 6.07) is 6.99. The van der Waals surface area contributed by atoms with Gasteiger partial charge in [0.2, 0.25) is 0 Å². The highest BCUT2D eigenvalue weighted by Crippen LogP contribution is 2.31. The number of rotatable bonds is 5. The number of hydrogen-bond acceptors (Lipinski definition) is 6. The smallest absolute Gasteiger partial charge is 0.124 e. The second-order valence-electron chi connectivity index (χ2n) is 6.87. The zero-order chi connectivity index (χ0) is 18.8. The fourth-order valence-electron chi connectivity index (χ4n) is 3.19. The van der Waals surface area contributed by atoms with Gasteiger partial charge in [-0.25, -0.2) is 8.51 Å². The van der Waals surface area contributed by atoms with Crippen molar-refractivity contribution in [3.05, 3.63) is 47.4 Å². The van der Waals surface area contributed by atoms with E-state index in [1.807, 2.05) is 0 Å². The van der Waals surface area contributed by atoms with Gasteiger partial charge in [0.05, 0.1) is 16.7 Å². The molecule has 2 unspecified atom stereocenters. The van der Waals surface area contributed by atoms with Crippen LogP contribution in [0.5, 0.6) is 5.75 Å². The van der Waals surface area contributed by atoms with Crippen LogP contribution in [0.25, 0.3) is 5.70 Å². The van der Waals surface area contributed by atoms with Crippen molar-refractivity contribution in [2.24, 2.45) is 17.2 Å². The quantitative estimate of drug-likeness (QED) is 0.558. The Kier molecular flexibility index (Phi) is 5.43. The van der Waals surface area contributed by atoms with Gasteiger partial charge in [0.15, 0.2) is 0 Å². The maximum Gasteiger partial charge on any atom is 0.124 e. The van der Waals surface area contributed by atoms with Gasteiger partial charge in [0.1, 0.15) is 11.6 Å². The average Bonchev–Trinajstić information content (AvgIpc) is 3.44. The van der Waals surface area contributed by atoms with Crippen molar-refractivity contribution < 1.29 is 9.32 Å². The molecule has 1 aromatic carbocycles. The third-order valence-corrected chi connectivity index (χ3v) is 6.80. The van der Waals surface area contributed by atoms with Crippen LogP contribution in [0.15, 0.2) is 41.9 Å². The molecule has 7 N–H and O–H groups in total. The average molecular weight is 378 g/mol. The Labute approximate surface area is 156 Å². The minimum absolute atomic E-state index is 0.106. The van der Waals surface area contributed by atoms with E-state index < -0.39 is 11.0 Å². The standard InChI is InChI=1S/C18H27N5O2S/c1-12-11-22(8-9-23(12)26(25)13-6-7-13)16(18(20)21)10-15(19)14-4-2-3-5-17(14)24/h2-5,10,12-13,24H,6-9,11,19-21H2,1H3/b15-10-. The summed E-state index contributed by atoms with van der Waals surface area (Å²) in [4.78, 5) is 2.06. The van der Waals surface area contributed by atoms with Gasteiger partial charge in [0, 0.05) is 42.2 Å². The van der Waals surface area contributed by atoms with Gasteiger partial charge in [-0.05, 0) is 38.0 Å². The number of nitrogens with zero attached hydrogens (tertiary/aromatic N) is 2. The molecule has 0 bridgehead atoms. The van der Waals surface area contributed by atoms with Crippen molar-refractivity contribution in [3.8, 4) is 5.75 Å². The number of para-hydroxylation sites is 1. The fraction of sp³-hybridized carbons (Fsp3) is 0.444. The van der Waals surface area contributed by atoms with Gasteiger partial charge in [-0.3, -0.25) is 0 Å². The van der Waals surface area contributed by atoms with E-state index in [4.69, 9.17) is 17.2 Å². The van der Waals surface area contributed by atoms with Gasteiger partial charge in [-0.15, -0.1) is 0 Å². The molecule has 26 heavy (non-hydrogen) atoms. The van der Waals surface area contributed by atoms with Crippen LogP contribution in [0.4, 0.5) is 0 Å². The molecule has 1 aliphatic heterocycles. The number of benzene rings is 1. The van der Waals surface area contributed by atoms with Crippen molar-refractivity contribution in [1.29, 1.82) is 0 Å². The number of nitrogens with two attached hydrogens (primary N) is 3. The minimum atomic E-state index is -0.905. The second kappa shape index (κ2) is 7.59. The van der Waals surface area contributed by atoms with Gasteiger partial charge in [-0.1, -0.05) is 12.1 Å². The van der Waals surface area contributed by atoms with Gasteiger partial charge >= 0.3 is 0 Å². The first-order chi connectivity index (χ1) is 12.4. The first-order valence-corrected chi connectivity index (χ1v) is 9.98. The van der Waals surface area contributed by atoms with Gasteiger partial charge in [-0.2, -0.15) is 0 Å². The van der Waals surface area contributed by atoms with Crippen molar-refractivity contribution in [3.63, 3.8) is 0 Å². The number of piperazine rings is 1. The van der Waals surface area contributed by atoms with Crippen LogP contribution in [-0.2, 0) is 11.0 Å². The molecule has 0 radical (unpaired) electrons. The first kappa shape index (κ1) is 18.6. The molecular weight excluding hydrogens is 350 g/mol. The molecule has 1 aliphatic carbocycles. The van der Waals surface area contributed by atoms with Gasteiger partial charge in [0.25, 0.3) is 0 Å². The maximum absolute atomic E-state index is 12.5. The monoisotopic (exact) mass is 377 g/mol. The summed E-state index contributed by atoms with van der Waals surface area (Å²) in [7, 11) is -0.905. The predicted molar refractivity (Wildman–Crippen MR) is 105 cm³/mol. The topological polar surface area (TPSA) is 122 Å². The van der Waals surface area contributed by atoms with Crippen molar-refractivity contribution in [1.82, 2.24) is 9.21 Å². The van der Waals surface area contributed by atoms with Crippen molar-refractivity contribution in [2.75, 3.05) is 19.6 Å². The molecule has 2 fully saturated rings. The molecule has 7 nitrogen and oxygen atoms in total. The molecule has 2 atom stereocenters. The van der Waals surface area contributed by atoms with E-state index >= 15 is 0 Å². The molecule has 0 spiro atoms. The van der Waals surface area contributed by atoms with Gasteiger partial charge < -0.3 is 27.2 Å². The van der Waals surface area contributed by atoms with E-state index in [0.29, 0.717) is 41.8 Å². The summed E-state index contributed by atoms with van der Waals surface area (Å²) in [5.74, 6) is 0.279. The van der Waals surface area contributed by atoms with E-state index in [2.05, 4.69) is 16.1 Å². The Bertz CT molecular complexity index is 756. The summed E-state index contributed by atoms with van der Waals surface area (Å²) in [5, 5.41) is 10.3. The molecule has 3 rings (SSSR count). The Morgan fingerprint density at radius 3 is 2.50 bits per heavy atom. The molecule has 0 amide bonds. The van der Waals surface area contributed by atoms with Crippen LogP contribution in [0, 0.1) is 0 Å². The molecule has 1 saturated carbocycles. The third kappa shape index (κ3) is 3.96. The first-order valence-electron chi connectivity index (χ1n) is 8.81. The van der Waals surface area contributed by atoms with E-state index in [-0.39, 0.29) is 17.6 Å². The Balaban J connectivity index is 1.77. The lowest BCUT2D eigenvalue weighted by molar-refractivity contribution is 0.184. The highest BCUT2D eigenvalue weighted by atomic mass is 32.2. The van der Waals surface area contributed by atoms with Crippen LogP contribution >= 0.6 is 0 Å². The van der Waals surface area contributed by atoms with Crippen LogP contribution < -0.4 is 17.2 Å². The molecule has 1 saturated heterocycles. The van der Waals surface area contributed by atoms with Crippen LogP contribution in [0.1, 0.15) is 25.3 Å². The highest BCUT2D eigenvalue weighted by Gasteiger charge is 2.37. The lowest BCUT2D eigenvalue weighted by Gasteiger charge is -2.40. The van der Waals surface area contributed by atoms with Crippen LogP contribution in [0.3, 0.4) is 0 Å². The number of phenolic OH excluding ortho intramolecular Hbond substituents is 1. The number of allylic oxidation sites excluding steroid dienone is 1. The van der Waals surface area contributed by atoms with Crippen LogP contribution in [0.2, 0.25) is 0 Å². The van der Waals surface area contributed by atoms with E-state index in [1.165, 1.54) is 0 Å². The minimum Gasteiger partial charge on any atom is -0.507 e. The predicted octanol–water partition coefficient (Wildman–Crippen LogP) is 0.611. The van der Waals surface area contributed by atoms with Crippen LogP contribution in [-0.4, -0.2) is 49.4 Å². The molecule has 2 aliphatic rings. The Hall–Kier alpha value is -2.19. The van der Waals surface area contributed by atoms with Crippen molar-refractivity contribution in [2.45, 2.75) is 31.1 Å².